The van der Waals surface area contributed by atoms with Crippen LogP contribution in [0, 0.1) is 11.3 Å². The lowest BCUT2D eigenvalue weighted by Gasteiger charge is -2.42. The van der Waals surface area contributed by atoms with Crippen molar-refractivity contribution in [2.75, 3.05) is 0 Å². The van der Waals surface area contributed by atoms with Crippen LogP contribution < -0.4 is 0 Å². The molecule has 0 heterocycles. The van der Waals surface area contributed by atoms with E-state index in [1.807, 2.05) is 13.8 Å². The fraction of sp³-hybridized carbons (Fsp3) is 1.00. The number of rotatable bonds is 0. The van der Waals surface area contributed by atoms with Gasteiger partial charge in [0.2, 0.25) is 0 Å². The van der Waals surface area contributed by atoms with Crippen molar-refractivity contribution in [3.63, 3.8) is 0 Å². The van der Waals surface area contributed by atoms with Gasteiger partial charge in [-0.2, -0.15) is 0 Å². The zero-order valence-electron chi connectivity index (χ0n) is 7.54. The van der Waals surface area contributed by atoms with Crippen LogP contribution in [0.15, 0.2) is 0 Å². The van der Waals surface area contributed by atoms with Gasteiger partial charge < -0.3 is 10.2 Å². The summed E-state index contributed by atoms with van der Waals surface area (Å²) in [5.74, 6) is 0.452. The molecule has 0 bridgehead atoms. The molecule has 1 fully saturated rings. The summed E-state index contributed by atoms with van der Waals surface area (Å²) in [6.07, 6.45) is 0.955. The third kappa shape index (κ3) is 1.57. The molecule has 1 rings (SSSR count). The number of hydrogen-bond donors (Lipinski definition) is 2. The Bertz CT molecular complexity index is 128. The first kappa shape index (κ1) is 9.01. The van der Waals surface area contributed by atoms with E-state index in [0.29, 0.717) is 5.92 Å². The van der Waals surface area contributed by atoms with Crippen LogP contribution >= 0.6 is 0 Å². The molecule has 1 saturated carbocycles. The summed E-state index contributed by atoms with van der Waals surface area (Å²) in [6, 6.07) is 0. The Morgan fingerprint density at radius 2 is 1.45 bits per heavy atom. The van der Waals surface area contributed by atoms with Crippen molar-refractivity contribution in [1.82, 2.24) is 0 Å². The summed E-state index contributed by atoms with van der Waals surface area (Å²) in [4.78, 5) is 0. The lowest BCUT2D eigenvalue weighted by atomic mass is 9.69. The van der Waals surface area contributed by atoms with E-state index < -0.39 is 0 Å². The highest BCUT2D eigenvalue weighted by Gasteiger charge is 2.40. The average Bonchev–Trinajstić information content (AvgIpc) is 1.84. The van der Waals surface area contributed by atoms with E-state index in [1.165, 1.54) is 0 Å². The Labute approximate surface area is 68.2 Å². The Hall–Kier alpha value is -0.0800. The van der Waals surface area contributed by atoms with Gasteiger partial charge >= 0.3 is 0 Å². The quantitative estimate of drug-likeness (QED) is 0.555. The van der Waals surface area contributed by atoms with Crippen molar-refractivity contribution in [3.05, 3.63) is 0 Å². The normalized spacial score (nSPS) is 43.9. The van der Waals surface area contributed by atoms with E-state index in [2.05, 4.69) is 6.92 Å². The topological polar surface area (TPSA) is 40.5 Å². The Kier molecular flexibility index (Phi) is 2.26. The van der Waals surface area contributed by atoms with Crippen LogP contribution in [0.1, 0.15) is 33.6 Å². The molecule has 2 N–H and O–H groups in total. The van der Waals surface area contributed by atoms with Crippen molar-refractivity contribution < 1.29 is 10.2 Å². The van der Waals surface area contributed by atoms with Gasteiger partial charge in [-0.15, -0.1) is 0 Å². The summed E-state index contributed by atoms with van der Waals surface area (Å²) < 4.78 is 0. The van der Waals surface area contributed by atoms with Crippen LogP contribution in [0.4, 0.5) is 0 Å². The SMILES string of the molecule is CC1CC(O)C(C)(C)C(O)C1. The van der Waals surface area contributed by atoms with Crippen molar-refractivity contribution in [3.8, 4) is 0 Å². The first-order valence-electron chi connectivity index (χ1n) is 4.30. The molecule has 0 aliphatic heterocycles. The van der Waals surface area contributed by atoms with Gasteiger partial charge in [0.05, 0.1) is 12.2 Å². The number of hydrogen-bond acceptors (Lipinski definition) is 2. The van der Waals surface area contributed by atoms with E-state index >= 15 is 0 Å². The third-order valence-corrected chi connectivity index (χ3v) is 2.97. The number of aliphatic hydroxyl groups excluding tert-OH is 2. The van der Waals surface area contributed by atoms with Crippen LogP contribution in [0.25, 0.3) is 0 Å². The molecular weight excluding hydrogens is 140 g/mol. The van der Waals surface area contributed by atoms with Crippen molar-refractivity contribution in [1.29, 1.82) is 0 Å². The van der Waals surface area contributed by atoms with Crippen LogP contribution in [-0.4, -0.2) is 22.4 Å². The van der Waals surface area contributed by atoms with E-state index in [0.717, 1.165) is 12.8 Å². The largest absolute Gasteiger partial charge is 0.392 e. The maximum atomic E-state index is 9.62. The van der Waals surface area contributed by atoms with Gasteiger partial charge in [0.15, 0.2) is 0 Å². The molecule has 0 radical (unpaired) electrons. The maximum Gasteiger partial charge on any atom is 0.0618 e. The van der Waals surface area contributed by atoms with Gasteiger partial charge in [-0.3, -0.25) is 0 Å². The summed E-state index contributed by atoms with van der Waals surface area (Å²) in [6.45, 7) is 5.92. The second-order valence-electron chi connectivity index (χ2n) is 4.43. The van der Waals surface area contributed by atoms with Crippen LogP contribution in [0.2, 0.25) is 0 Å². The first-order valence-corrected chi connectivity index (χ1v) is 4.30. The number of aliphatic hydroxyl groups is 2. The minimum Gasteiger partial charge on any atom is -0.392 e. The van der Waals surface area contributed by atoms with Crippen LogP contribution in [0.5, 0.6) is 0 Å². The zero-order valence-corrected chi connectivity index (χ0v) is 7.54. The molecule has 0 saturated heterocycles. The highest BCUT2D eigenvalue weighted by Crippen LogP contribution is 2.38. The monoisotopic (exact) mass is 158 g/mol. The highest BCUT2D eigenvalue weighted by atomic mass is 16.3. The molecule has 0 amide bonds. The fourth-order valence-electron chi connectivity index (χ4n) is 1.69. The molecule has 2 atom stereocenters. The Morgan fingerprint density at radius 1 is 1.09 bits per heavy atom. The second kappa shape index (κ2) is 2.76. The van der Waals surface area contributed by atoms with Gasteiger partial charge in [0.1, 0.15) is 0 Å². The Morgan fingerprint density at radius 3 is 1.82 bits per heavy atom. The highest BCUT2D eigenvalue weighted by molar-refractivity contribution is 4.91. The van der Waals surface area contributed by atoms with Gasteiger partial charge in [-0.05, 0) is 18.8 Å². The van der Waals surface area contributed by atoms with Crippen molar-refractivity contribution in [2.45, 2.75) is 45.8 Å². The molecule has 2 unspecified atom stereocenters. The summed E-state index contributed by atoms with van der Waals surface area (Å²) in [5.41, 5.74) is -0.313. The van der Waals surface area contributed by atoms with Crippen molar-refractivity contribution >= 4 is 0 Å². The summed E-state index contributed by atoms with van der Waals surface area (Å²) >= 11 is 0. The van der Waals surface area contributed by atoms with Crippen LogP contribution in [0.3, 0.4) is 0 Å². The lowest BCUT2D eigenvalue weighted by Crippen LogP contribution is -2.46. The third-order valence-electron chi connectivity index (χ3n) is 2.97. The predicted molar refractivity (Wildman–Crippen MR) is 44.2 cm³/mol. The first-order chi connectivity index (χ1) is 4.94. The van der Waals surface area contributed by atoms with Gasteiger partial charge in [0.25, 0.3) is 0 Å². The maximum absolute atomic E-state index is 9.62. The molecule has 0 spiro atoms. The molecule has 2 nitrogen and oxygen atoms in total. The second-order valence-corrected chi connectivity index (χ2v) is 4.43. The van der Waals surface area contributed by atoms with E-state index in [-0.39, 0.29) is 17.6 Å². The van der Waals surface area contributed by atoms with E-state index in [4.69, 9.17) is 0 Å². The standard InChI is InChI=1S/C9H18O2/c1-6-4-7(10)9(2,3)8(11)5-6/h6-8,10-11H,4-5H2,1-3H3. The Balaban J connectivity index is 2.67. The fourth-order valence-corrected chi connectivity index (χ4v) is 1.69. The molecular formula is C9H18O2. The molecule has 66 valence electrons. The lowest BCUT2D eigenvalue weighted by molar-refractivity contribution is -0.0938. The molecule has 2 heteroatoms. The van der Waals surface area contributed by atoms with E-state index in [1.54, 1.807) is 0 Å². The van der Waals surface area contributed by atoms with Crippen molar-refractivity contribution in [2.24, 2.45) is 11.3 Å². The average molecular weight is 158 g/mol. The summed E-state index contributed by atoms with van der Waals surface area (Å²) in [5, 5.41) is 19.2. The smallest absolute Gasteiger partial charge is 0.0618 e. The molecule has 1 aliphatic rings. The molecule has 0 aromatic rings. The van der Waals surface area contributed by atoms with Gasteiger partial charge in [0, 0.05) is 5.41 Å². The van der Waals surface area contributed by atoms with Crippen LogP contribution in [-0.2, 0) is 0 Å². The zero-order chi connectivity index (χ0) is 8.65. The molecule has 1 aliphatic carbocycles. The molecule has 0 aromatic heterocycles. The molecule has 0 aromatic carbocycles. The van der Waals surface area contributed by atoms with Gasteiger partial charge in [-0.25, -0.2) is 0 Å². The predicted octanol–water partition coefficient (Wildman–Crippen LogP) is 1.16. The minimum atomic E-state index is -0.346. The summed E-state index contributed by atoms with van der Waals surface area (Å²) in [7, 11) is 0. The minimum absolute atomic E-state index is 0.313. The molecule has 11 heavy (non-hydrogen) atoms. The van der Waals surface area contributed by atoms with E-state index in [9.17, 15) is 10.2 Å². The van der Waals surface area contributed by atoms with Gasteiger partial charge in [-0.1, -0.05) is 20.8 Å².